The van der Waals surface area contributed by atoms with Crippen LogP contribution in [0.2, 0.25) is 0 Å². The fourth-order valence-corrected chi connectivity index (χ4v) is 3.40. The number of amides is 1. The van der Waals surface area contributed by atoms with E-state index in [0.717, 1.165) is 12.1 Å². The van der Waals surface area contributed by atoms with Crippen LogP contribution in [0, 0.1) is 11.6 Å². The Balaban J connectivity index is 2.15. The van der Waals surface area contributed by atoms with E-state index >= 15 is 0 Å². The van der Waals surface area contributed by atoms with Gasteiger partial charge in [-0.1, -0.05) is 0 Å². The molecule has 1 atom stereocenters. The highest BCUT2D eigenvalue weighted by Gasteiger charge is 2.28. The summed E-state index contributed by atoms with van der Waals surface area (Å²) in [6, 6.07) is 2.15. The summed E-state index contributed by atoms with van der Waals surface area (Å²) in [5.41, 5.74) is 0. The third-order valence-electron chi connectivity index (χ3n) is 3.14. The first-order valence-electron chi connectivity index (χ1n) is 6.37. The third kappa shape index (κ3) is 3.76. The van der Waals surface area contributed by atoms with Crippen molar-refractivity contribution < 1.29 is 26.7 Å². The number of ether oxygens (including phenoxy) is 1. The molecule has 8 heteroatoms. The quantitative estimate of drug-likeness (QED) is 0.779. The number of rotatable bonds is 3. The minimum atomic E-state index is -4.15. The zero-order valence-electron chi connectivity index (χ0n) is 11.4. The van der Waals surface area contributed by atoms with E-state index < -0.39 is 38.0 Å². The second-order valence-electron chi connectivity index (χ2n) is 4.85. The molecule has 21 heavy (non-hydrogen) atoms. The molecule has 1 aliphatic rings. The van der Waals surface area contributed by atoms with Crippen molar-refractivity contribution in [3.63, 3.8) is 0 Å². The molecule has 2 rings (SSSR count). The van der Waals surface area contributed by atoms with Crippen molar-refractivity contribution >= 4 is 15.7 Å². The van der Waals surface area contributed by atoms with Crippen LogP contribution >= 0.6 is 0 Å². The van der Waals surface area contributed by atoms with E-state index in [1.807, 2.05) is 0 Å². The van der Waals surface area contributed by atoms with Crippen molar-refractivity contribution in [1.82, 2.24) is 4.90 Å². The summed E-state index contributed by atoms with van der Waals surface area (Å²) in [6.07, 6.45) is -0.173. The van der Waals surface area contributed by atoms with Gasteiger partial charge in [-0.15, -0.1) is 0 Å². The van der Waals surface area contributed by atoms with Gasteiger partial charge in [-0.25, -0.2) is 17.2 Å². The molecule has 1 aromatic carbocycles. The van der Waals surface area contributed by atoms with Gasteiger partial charge in [0.2, 0.25) is 5.91 Å². The number of benzene rings is 1. The maximum atomic E-state index is 13.5. The highest BCUT2D eigenvalue weighted by atomic mass is 32.2. The molecule has 1 aliphatic heterocycles. The van der Waals surface area contributed by atoms with E-state index in [4.69, 9.17) is 4.74 Å². The molecule has 0 radical (unpaired) electrons. The van der Waals surface area contributed by atoms with Crippen molar-refractivity contribution in [2.45, 2.75) is 17.9 Å². The number of halogens is 2. The average molecular weight is 319 g/mol. The number of nitrogens with zero attached hydrogens (tertiary/aromatic N) is 1. The minimum absolute atomic E-state index is 0.173. The van der Waals surface area contributed by atoms with E-state index in [1.54, 1.807) is 6.92 Å². The molecule has 1 heterocycles. The number of carbonyl (C=O) groups is 1. The lowest BCUT2D eigenvalue weighted by Gasteiger charge is -2.31. The summed E-state index contributed by atoms with van der Waals surface area (Å²) in [4.78, 5) is 12.7. The summed E-state index contributed by atoms with van der Waals surface area (Å²) in [5, 5.41) is 0. The van der Waals surface area contributed by atoms with Gasteiger partial charge in [-0.2, -0.15) is 0 Å². The largest absolute Gasteiger partial charge is 0.375 e. The lowest BCUT2D eigenvalue weighted by molar-refractivity contribution is -0.135. The van der Waals surface area contributed by atoms with Crippen LogP contribution in [0.3, 0.4) is 0 Å². The molecular formula is C13H15F2NO4S. The van der Waals surface area contributed by atoms with Gasteiger partial charge in [0, 0.05) is 19.2 Å². The number of morpholine rings is 1. The summed E-state index contributed by atoms with van der Waals surface area (Å²) in [6.45, 7) is 2.69. The van der Waals surface area contributed by atoms with Gasteiger partial charge >= 0.3 is 0 Å². The standard InChI is InChI=1S/C13H15F2NO4S/c1-9-7-16(4-5-20-9)13(17)8-21(18,19)12-3-2-10(14)6-11(12)15/h2-3,6,9H,4-5,7-8H2,1H3. The van der Waals surface area contributed by atoms with Crippen LogP contribution in [0.1, 0.15) is 6.92 Å². The first kappa shape index (κ1) is 15.8. The lowest BCUT2D eigenvalue weighted by Crippen LogP contribution is -2.46. The molecule has 0 N–H and O–H groups in total. The normalized spacial score (nSPS) is 19.6. The van der Waals surface area contributed by atoms with E-state index in [9.17, 15) is 22.0 Å². The fraction of sp³-hybridized carbons (Fsp3) is 0.462. The Kier molecular flexibility index (Phi) is 4.58. The predicted octanol–water partition coefficient (Wildman–Crippen LogP) is 0.986. The van der Waals surface area contributed by atoms with Gasteiger partial charge < -0.3 is 9.64 Å². The molecule has 0 aliphatic carbocycles. The Morgan fingerprint density at radius 3 is 2.76 bits per heavy atom. The van der Waals surface area contributed by atoms with E-state index in [2.05, 4.69) is 0 Å². The van der Waals surface area contributed by atoms with Crippen LogP contribution in [0.15, 0.2) is 23.1 Å². The van der Waals surface area contributed by atoms with Crippen LogP contribution in [0.5, 0.6) is 0 Å². The van der Waals surface area contributed by atoms with Gasteiger partial charge in [0.05, 0.1) is 12.7 Å². The minimum Gasteiger partial charge on any atom is -0.375 e. The molecule has 1 unspecified atom stereocenters. The summed E-state index contributed by atoms with van der Waals surface area (Å²) in [7, 11) is -4.15. The highest BCUT2D eigenvalue weighted by Crippen LogP contribution is 2.18. The Morgan fingerprint density at radius 1 is 1.43 bits per heavy atom. The molecular weight excluding hydrogens is 304 g/mol. The van der Waals surface area contributed by atoms with Gasteiger partial charge in [0.25, 0.3) is 0 Å². The second kappa shape index (κ2) is 6.07. The van der Waals surface area contributed by atoms with Crippen LogP contribution in [0.25, 0.3) is 0 Å². The van der Waals surface area contributed by atoms with Crippen molar-refractivity contribution in [2.24, 2.45) is 0 Å². The summed E-state index contributed by atoms with van der Waals surface area (Å²) in [5.74, 6) is -3.53. The molecule has 1 fully saturated rings. The Morgan fingerprint density at radius 2 is 2.14 bits per heavy atom. The SMILES string of the molecule is CC1CN(C(=O)CS(=O)(=O)c2ccc(F)cc2F)CCO1. The Labute approximate surface area is 121 Å². The Hall–Kier alpha value is -1.54. The molecule has 1 aromatic rings. The smallest absolute Gasteiger partial charge is 0.238 e. The maximum Gasteiger partial charge on any atom is 0.238 e. The summed E-state index contributed by atoms with van der Waals surface area (Å²) >= 11 is 0. The highest BCUT2D eigenvalue weighted by molar-refractivity contribution is 7.92. The van der Waals surface area contributed by atoms with Crippen molar-refractivity contribution in [3.8, 4) is 0 Å². The number of carbonyl (C=O) groups excluding carboxylic acids is 1. The van der Waals surface area contributed by atoms with Crippen LogP contribution in [-0.4, -0.2) is 50.8 Å². The van der Waals surface area contributed by atoms with Gasteiger partial charge in [0.1, 0.15) is 22.3 Å². The molecule has 1 saturated heterocycles. The first-order valence-corrected chi connectivity index (χ1v) is 8.02. The van der Waals surface area contributed by atoms with Gasteiger partial charge in [-0.3, -0.25) is 4.79 Å². The molecule has 5 nitrogen and oxygen atoms in total. The van der Waals surface area contributed by atoms with Crippen LogP contribution in [-0.2, 0) is 19.4 Å². The maximum absolute atomic E-state index is 13.5. The second-order valence-corrected chi connectivity index (χ2v) is 6.81. The van der Waals surface area contributed by atoms with Gasteiger partial charge in [-0.05, 0) is 19.1 Å². The molecule has 0 bridgehead atoms. The number of sulfone groups is 1. The summed E-state index contributed by atoms with van der Waals surface area (Å²) < 4.78 is 55.7. The van der Waals surface area contributed by atoms with Crippen LogP contribution in [0.4, 0.5) is 8.78 Å². The van der Waals surface area contributed by atoms with Crippen LogP contribution < -0.4 is 0 Å². The first-order chi connectivity index (χ1) is 9.79. The number of hydrogen-bond acceptors (Lipinski definition) is 4. The third-order valence-corrected chi connectivity index (χ3v) is 4.76. The predicted molar refractivity (Wildman–Crippen MR) is 70.4 cm³/mol. The van der Waals surface area contributed by atoms with E-state index in [-0.39, 0.29) is 6.10 Å². The Bertz CT molecular complexity index is 648. The molecule has 0 spiro atoms. The van der Waals surface area contributed by atoms with Gasteiger partial charge in [0.15, 0.2) is 9.84 Å². The van der Waals surface area contributed by atoms with E-state index in [1.165, 1.54) is 4.90 Å². The molecule has 0 saturated carbocycles. The van der Waals surface area contributed by atoms with Crippen molar-refractivity contribution in [3.05, 3.63) is 29.8 Å². The van der Waals surface area contributed by atoms with E-state index in [0.29, 0.717) is 25.8 Å². The zero-order valence-corrected chi connectivity index (χ0v) is 12.2. The van der Waals surface area contributed by atoms with Crippen molar-refractivity contribution in [2.75, 3.05) is 25.4 Å². The topological polar surface area (TPSA) is 63.7 Å². The zero-order chi connectivity index (χ0) is 15.6. The lowest BCUT2D eigenvalue weighted by atomic mass is 10.3. The molecule has 0 aromatic heterocycles. The van der Waals surface area contributed by atoms with Crippen molar-refractivity contribution in [1.29, 1.82) is 0 Å². The fourth-order valence-electron chi connectivity index (χ4n) is 2.10. The molecule has 116 valence electrons. The molecule has 1 amide bonds. The monoisotopic (exact) mass is 319 g/mol. The number of hydrogen-bond donors (Lipinski definition) is 0. The average Bonchev–Trinajstić information content (AvgIpc) is 2.37.